The van der Waals surface area contributed by atoms with Crippen LogP contribution in [0, 0.1) is 46.3 Å². The fraction of sp³-hybridized carbons (Fsp3) is 0.902. The van der Waals surface area contributed by atoms with E-state index < -0.39 is 0 Å². The van der Waals surface area contributed by atoms with Crippen molar-refractivity contribution in [1.82, 2.24) is 0 Å². The van der Waals surface area contributed by atoms with Gasteiger partial charge in [-0.1, -0.05) is 59.8 Å². The number of esters is 4. The topological polar surface area (TPSA) is 183 Å². The predicted octanol–water partition coefficient (Wildman–Crippen LogP) is 5.97. The molecule has 4 rings (SSSR count). The average Bonchev–Trinajstić information content (AvgIpc) is 3.46. The summed E-state index contributed by atoms with van der Waals surface area (Å²) in [6.07, 6.45) is 13.2. The molecular formula is C41H71N3O8. The third kappa shape index (κ3) is 10.1. The zero-order valence-corrected chi connectivity index (χ0v) is 32.8. The van der Waals surface area contributed by atoms with Gasteiger partial charge in [-0.2, -0.15) is 0 Å². The number of ether oxygens (including phenoxy) is 4. The van der Waals surface area contributed by atoms with Crippen LogP contribution in [0.3, 0.4) is 0 Å². The number of hydrogen-bond acceptors (Lipinski definition) is 11. The van der Waals surface area contributed by atoms with Crippen molar-refractivity contribution in [2.75, 3.05) is 26.2 Å². The largest absolute Gasteiger partial charge is 0.466 e. The van der Waals surface area contributed by atoms with Crippen LogP contribution in [0.25, 0.3) is 0 Å². The quantitative estimate of drug-likeness (QED) is 0.0762. The second-order valence-electron chi connectivity index (χ2n) is 17.0. The number of carbonyl (C=O) groups excluding carboxylic acids is 4. The highest BCUT2D eigenvalue weighted by molar-refractivity contribution is 5.71. The maximum Gasteiger partial charge on any atom is 0.307 e. The minimum atomic E-state index is -0.371. The van der Waals surface area contributed by atoms with E-state index in [0.717, 1.165) is 38.5 Å². The second kappa shape index (κ2) is 19.9. The van der Waals surface area contributed by atoms with Crippen molar-refractivity contribution in [2.45, 2.75) is 162 Å². The predicted molar refractivity (Wildman–Crippen MR) is 199 cm³/mol. The maximum atomic E-state index is 13.2. The summed E-state index contributed by atoms with van der Waals surface area (Å²) < 4.78 is 24.3. The van der Waals surface area contributed by atoms with Crippen molar-refractivity contribution in [3.63, 3.8) is 0 Å². The lowest BCUT2D eigenvalue weighted by atomic mass is 9.43. The molecule has 4 fully saturated rings. The minimum absolute atomic E-state index is 0.0910. The molecule has 11 atom stereocenters. The van der Waals surface area contributed by atoms with Crippen LogP contribution in [0.4, 0.5) is 0 Å². The molecule has 0 aromatic rings. The second-order valence-corrected chi connectivity index (χ2v) is 17.0. The third-order valence-electron chi connectivity index (χ3n) is 13.9. The number of unbranched alkanes of at least 4 members (excludes halogenated alkanes) is 5. The summed E-state index contributed by atoms with van der Waals surface area (Å²) >= 11 is 0. The summed E-state index contributed by atoms with van der Waals surface area (Å²) in [7, 11) is 0. The van der Waals surface area contributed by atoms with E-state index in [-0.39, 0.29) is 127 Å². The molecule has 0 aliphatic heterocycles. The zero-order chi connectivity index (χ0) is 37.9. The number of nitrogens with two attached hydrogens (primary N) is 3. The van der Waals surface area contributed by atoms with Crippen LogP contribution in [0.2, 0.25) is 0 Å². The summed E-state index contributed by atoms with van der Waals surface area (Å²) in [6.45, 7) is 10.3. The van der Waals surface area contributed by atoms with Gasteiger partial charge in [0.15, 0.2) is 0 Å². The van der Waals surface area contributed by atoms with E-state index in [9.17, 15) is 19.2 Å². The first-order valence-electron chi connectivity index (χ1n) is 20.8. The molecule has 52 heavy (non-hydrogen) atoms. The van der Waals surface area contributed by atoms with Crippen molar-refractivity contribution in [2.24, 2.45) is 63.5 Å². The summed E-state index contributed by atoms with van der Waals surface area (Å²) in [4.78, 5) is 51.6. The van der Waals surface area contributed by atoms with E-state index in [1.165, 1.54) is 25.7 Å². The van der Waals surface area contributed by atoms with Gasteiger partial charge in [-0.15, -0.1) is 0 Å². The van der Waals surface area contributed by atoms with Gasteiger partial charge >= 0.3 is 23.9 Å². The average molecular weight is 734 g/mol. The fourth-order valence-electron chi connectivity index (χ4n) is 11.2. The molecule has 0 heterocycles. The molecule has 0 radical (unpaired) electrons. The van der Waals surface area contributed by atoms with Gasteiger partial charge in [0, 0.05) is 37.4 Å². The molecule has 11 nitrogen and oxygen atoms in total. The first-order chi connectivity index (χ1) is 24.9. The van der Waals surface area contributed by atoms with Gasteiger partial charge < -0.3 is 36.1 Å². The normalized spacial score (nSPS) is 34.3. The monoisotopic (exact) mass is 734 g/mol. The number of carbonyl (C=O) groups is 4. The number of rotatable bonds is 20. The van der Waals surface area contributed by atoms with Crippen LogP contribution in [0.1, 0.15) is 143 Å². The van der Waals surface area contributed by atoms with E-state index in [1.807, 2.05) is 0 Å². The highest BCUT2D eigenvalue weighted by atomic mass is 16.6. The van der Waals surface area contributed by atoms with Crippen molar-refractivity contribution in [3.8, 4) is 0 Å². The summed E-state index contributed by atoms with van der Waals surface area (Å²) in [6, 6.07) is 0. The van der Waals surface area contributed by atoms with E-state index in [1.54, 1.807) is 0 Å². The fourth-order valence-corrected chi connectivity index (χ4v) is 11.2. The van der Waals surface area contributed by atoms with E-state index in [0.29, 0.717) is 38.7 Å². The van der Waals surface area contributed by atoms with Gasteiger partial charge in [-0.05, 0) is 92.8 Å². The lowest BCUT2D eigenvalue weighted by Gasteiger charge is -2.64. The van der Waals surface area contributed by atoms with Crippen LogP contribution in [-0.4, -0.2) is 68.4 Å². The first kappa shape index (κ1) is 42.5. The summed E-state index contributed by atoms with van der Waals surface area (Å²) in [5.74, 6) is -0.00360. The molecule has 0 aromatic carbocycles. The molecule has 0 spiro atoms. The Morgan fingerprint density at radius 2 is 1.35 bits per heavy atom. The number of hydrogen-bond donors (Lipinski definition) is 3. The van der Waals surface area contributed by atoms with Crippen molar-refractivity contribution >= 4 is 23.9 Å². The third-order valence-corrected chi connectivity index (χ3v) is 13.9. The van der Waals surface area contributed by atoms with Crippen LogP contribution < -0.4 is 17.2 Å². The summed E-state index contributed by atoms with van der Waals surface area (Å²) in [5, 5.41) is 0. The standard InChI is InChI=1S/C41H71N3O8/c1-5-6-7-8-9-10-23-49-35(45)14-11-27(2)30-12-13-31-39-32(26-34(41(30,31)4)52-38(48)18-22-44)40(3)19-15-29(50-36(46)16-20-42)24-28(40)25-33(39)51-37(47)17-21-43/h27-34,39H,5-26,42-44H2,1-4H3/t27-,28?,29?,30?,31+,32+,33-,34+,39?,40?,41?/m1/s1. The molecule has 0 aromatic heterocycles. The van der Waals surface area contributed by atoms with Gasteiger partial charge in [0.25, 0.3) is 0 Å². The van der Waals surface area contributed by atoms with E-state index in [4.69, 9.17) is 36.1 Å². The van der Waals surface area contributed by atoms with Gasteiger partial charge in [0.2, 0.25) is 0 Å². The minimum Gasteiger partial charge on any atom is -0.466 e. The molecule has 0 amide bonds. The molecule has 4 aliphatic rings. The molecule has 0 saturated heterocycles. The molecule has 298 valence electrons. The lowest BCUT2D eigenvalue weighted by Crippen LogP contribution is -2.63. The van der Waals surface area contributed by atoms with Crippen molar-refractivity contribution in [3.05, 3.63) is 0 Å². The van der Waals surface area contributed by atoms with Crippen molar-refractivity contribution < 1.29 is 38.1 Å². The van der Waals surface area contributed by atoms with Gasteiger partial charge in [0.05, 0.1) is 25.9 Å². The van der Waals surface area contributed by atoms with Crippen LogP contribution in [0.15, 0.2) is 0 Å². The Balaban J connectivity index is 1.56. The summed E-state index contributed by atoms with van der Waals surface area (Å²) in [5.41, 5.74) is 16.7. The smallest absolute Gasteiger partial charge is 0.307 e. The molecule has 6 unspecified atom stereocenters. The van der Waals surface area contributed by atoms with E-state index in [2.05, 4.69) is 27.7 Å². The van der Waals surface area contributed by atoms with Gasteiger partial charge in [-0.3, -0.25) is 19.2 Å². The van der Waals surface area contributed by atoms with Gasteiger partial charge in [-0.25, -0.2) is 0 Å². The lowest BCUT2D eigenvalue weighted by molar-refractivity contribution is -0.225. The van der Waals surface area contributed by atoms with Crippen LogP contribution in [0.5, 0.6) is 0 Å². The maximum absolute atomic E-state index is 13.2. The van der Waals surface area contributed by atoms with Crippen LogP contribution in [-0.2, 0) is 38.1 Å². The Morgan fingerprint density at radius 3 is 2.02 bits per heavy atom. The molecule has 11 heteroatoms. The first-order valence-corrected chi connectivity index (χ1v) is 20.8. The highest BCUT2D eigenvalue weighted by Gasteiger charge is 2.67. The van der Waals surface area contributed by atoms with Gasteiger partial charge in [0.1, 0.15) is 18.3 Å². The zero-order valence-electron chi connectivity index (χ0n) is 32.8. The van der Waals surface area contributed by atoms with E-state index >= 15 is 0 Å². The Morgan fingerprint density at radius 1 is 0.712 bits per heavy atom. The Hall–Kier alpha value is -2.24. The molecule has 6 N–H and O–H groups in total. The Labute approximate surface area is 312 Å². The number of fused-ring (bicyclic) bond motifs is 5. The molecule has 0 bridgehead atoms. The molecular weight excluding hydrogens is 662 g/mol. The Bertz CT molecular complexity index is 1180. The van der Waals surface area contributed by atoms with Crippen LogP contribution >= 0.6 is 0 Å². The molecule has 4 saturated carbocycles. The van der Waals surface area contributed by atoms with Crippen molar-refractivity contribution in [1.29, 1.82) is 0 Å². The molecule has 4 aliphatic carbocycles. The Kier molecular flexibility index (Phi) is 16.3. The highest BCUT2D eigenvalue weighted by Crippen LogP contribution is 2.69. The SMILES string of the molecule is CCCCCCCCOC(=O)CC[C@@H](C)C1CC[C@H]2C3[C@H](OC(=O)CCN)CC4CC(OC(=O)CCN)CCC4(C)[C@H]3C[C@H](OC(=O)CCN)C12C.